The van der Waals surface area contributed by atoms with Crippen molar-refractivity contribution >= 4 is 33.4 Å². The number of hydrogen-bond acceptors (Lipinski definition) is 3. The minimum atomic E-state index is -0.498. The first-order valence-electron chi connectivity index (χ1n) is 11.5. The molecule has 1 aliphatic rings. The van der Waals surface area contributed by atoms with Gasteiger partial charge in [0, 0.05) is 21.3 Å². The molecule has 3 aromatic carbocycles. The zero-order chi connectivity index (χ0) is 24.8. The van der Waals surface area contributed by atoms with E-state index >= 15 is 0 Å². The van der Waals surface area contributed by atoms with Crippen molar-refractivity contribution in [3.05, 3.63) is 106 Å². The van der Waals surface area contributed by atoms with Gasteiger partial charge in [-0.3, -0.25) is 9.69 Å². The maximum atomic E-state index is 13.2. The molecular formula is C28H26BrFN2O3. The number of para-hydroxylation sites is 1. The SMILES string of the molecule is CCCCOc1cc(Br)ccc1[C@@H]1[C@@H](/C=C/C(=O)c2ccc(F)cc2)NC(=O)N1c1ccccc1. The molecule has 0 unspecified atom stereocenters. The van der Waals surface area contributed by atoms with Crippen LogP contribution in [0.2, 0.25) is 0 Å². The summed E-state index contributed by atoms with van der Waals surface area (Å²) in [7, 11) is 0. The van der Waals surface area contributed by atoms with Crippen molar-refractivity contribution in [1.29, 1.82) is 0 Å². The van der Waals surface area contributed by atoms with Crippen LogP contribution in [0.3, 0.4) is 0 Å². The minimum Gasteiger partial charge on any atom is -0.493 e. The Balaban J connectivity index is 1.72. The number of ketones is 1. The second-order valence-electron chi connectivity index (χ2n) is 8.24. The predicted molar refractivity (Wildman–Crippen MR) is 138 cm³/mol. The summed E-state index contributed by atoms with van der Waals surface area (Å²) in [6.45, 7) is 2.66. The van der Waals surface area contributed by atoms with Crippen LogP contribution in [-0.4, -0.2) is 24.5 Å². The van der Waals surface area contributed by atoms with Crippen LogP contribution in [0.5, 0.6) is 5.75 Å². The number of amides is 2. The highest BCUT2D eigenvalue weighted by atomic mass is 79.9. The number of benzene rings is 3. The summed E-state index contributed by atoms with van der Waals surface area (Å²) < 4.78 is 20.2. The van der Waals surface area contributed by atoms with Crippen molar-refractivity contribution < 1.29 is 18.7 Å². The molecule has 0 aromatic heterocycles. The van der Waals surface area contributed by atoms with Crippen molar-refractivity contribution in [3.8, 4) is 5.75 Å². The Bertz CT molecular complexity index is 1210. The zero-order valence-electron chi connectivity index (χ0n) is 19.3. The fraction of sp³-hybridized carbons (Fsp3) is 0.214. The second kappa shape index (κ2) is 11.3. The molecule has 2 amide bonds. The van der Waals surface area contributed by atoms with Gasteiger partial charge in [-0.05, 0) is 61.0 Å². The van der Waals surface area contributed by atoms with Gasteiger partial charge < -0.3 is 10.1 Å². The van der Waals surface area contributed by atoms with Crippen LogP contribution < -0.4 is 15.0 Å². The Kier molecular flexibility index (Phi) is 7.98. The Morgan fingerprint density at radius 3 is 2.57 bits per heavy atom. The van der Waals surface area contributed by atoms with Gasteiger partial charge in [0.25, 0.3) is 0 Å². The van der Waals surface area contributed by atoms with Gasteiger partial charge in [-0.15, -0.1) is 0 Å². The lowest BCUT2D eigenvalue weighted by Crippen LogP contribution is -2.29. The van der Waals surface area contributed by atoms with E-state index in [4.69, 9.17) is 4.74 Å². The van der Waals surface area contributed by atoms with Gasteiger partial charge in [-0.25, -0.2) is 9.18 Å². The van der Waals surface area contributed by atoms with Gasteiger partial charge in [-0.2, -0.15) is 0 Å². The van der Waals surface area contributed by atoms with Crippen molar-refractivity contribution in [2.75, 3.05) is 11.5 Å². The molecule has 180 valence electrons. The standard InChI is InChI=1S/C28H26BrFN2O3/c1-2-3-17-35-26-18-20(29)11-14-23(26)27-24(15-16-25(33)19-9-12-21(30)13-10-19)31-28(34)32(27)22-7-5-4-6-8-22/h4-16,18,24,27H,2-3,17H2,1H3,(H,31,34)/b16-15+/t24-,27-/m1/s1. The highest BCUT2D eigenvalue weighted by Crippen LogP contribution is 2.40. The van der Waals surface area contributed by atoms with Gasteiger partial charge in [0.2, 0.25) is 0 Å². The van der Waals surface area contributed by atoms with Crippen LogP contribution in [0.4, 0.5) is 14.9 Å². The fourth-order valence-corrected chi connectivity index (χ4v) is 4.38. The third-order valence-electron chi connectivity index (χ3n) is 5.80. The first-order chi connectivity index (χ1) is 17.0. The van der Waals surface area contributed by atoms with E-state index in [9.17, 15) is 14.0 Å². The summed E-state index contributed by atoms with van der Waals surface area (Å²) in [6, 6.07) is 19.3. The van der Waals surface area contributed by atoms with E-state index < -0.39 is 17.9 Å². The van der Waals surface area contributed by atoms with E-state index in [-0.39, 0.29) is 11.8 Å². The summed E-state index contributed by atoms with van der Waals surface area (Å²) in [5, 5.41) is 3.00. The van der Waals surface area contributed by atoms with Gasteiger partial charge in [0.15, 0.2) is 5.78 Å². The molecule has 0 bridgehead atoms. The number of hydrogen-bond donors (Lipinski definition) is 1. The average molecular weight is 537 g/mol. The minimum absolute atomic E-state index is 0.271. The predicted octanol–water partition coefficient (Wildman–Crippen LogP) is 6.85. The maximum Gasteiger partial charge on any atom is 0.323 e. The molecule has 5 nitrogen and oxygen atoms in total. The van der Waals surface area contributed by atoms with Crippen LogP contribution >= 0.6 is 15.9 Å². The molecule has 1 saturated heterocycles. The van der Waals surface area contributed by atoms with Crippen LogP contribution in [0, 0.1) is 5.82 Å². The Morgan fingerprint density at radius 1 is 1.11 bits per heavy atom. The van der Waals surface area contributed by atoms with Crippen molar-refractivity contribution in [2.45, 2.75) is 31.8 Å². The van der Waals surface area contributed by atoms with E-state index in [0.29, 0.717) is 17.9 Å². The van der Waals surface area contributed by atoms with Crippen molar-refractivity contribution in [1.82, 2.24) is 5.32 Å². The number of rotatable bonds is 9. The summed E-state index contributed by atoms with van der Waals surface area (Å²) in [5.74, 6) is 0.00268. The van der Waals surface area contributed by atoms with Gasteiger partial charge in [-0.1, -0.05) is 59.6 Å². The molecule has 0 aliphatic carbocycles. The lowest BCUT2D eigenvalue weighted by atomic mass is 9.97. The maximum absolute atomic E-state index is 13.2. The van der Waals surface area contributed by atoms with Gasteiger partial charge in [0.05, 0.1) is 18.7 Å². The van der Waals surface area contributed by atoms with Crippen molar-refractivity contribution in [2.24, 2.45) is 0 Å². The number of carbonyl (C=O) groups is 2. The molecule has 2 atom stereocenters. The average Bonchev–Trinajstić information content (AvgIpc) is 3.19. The molecule has 0 spiro atoms. The molecular weight excluding hydrogens is 511 g/mol. The highest BCUT2D eigenvalue weighted by molar-refractivity contribution is 9.10. The van der Waals surface area contributed by atoms with E-state index in [1.54, 1.807) is 11.0 Å². The largest absolute Gasteiger partial charge is 0.493 e. The topological polar surface area (TPSA) is 58.6 Å². The van der Waals surface area contributed by atoms with Gasteiger partial charge in [0.1, 0.15) is 11.6 Å². The molecule has 0 saturated carbocycles. The first-order valence-corrected chi connectivity index (χ1v) is 12.3. The summed E-state index contributed by atoms with van der Waals surface area (Å²) >= 11 is 3.52. The zero-order valence-corrected chi connectivity index (χ0v) is 20.9. The number of anilines is 1. The van der Waals surface area contributed by atoms with E-state index in [1.807, 2.05) is 48.5 Å². The molecule has 1 fully saturated rings. The monoisotopic (exact) mass is 536 g/mol. The van der Waals surface area contributed by atoms with Crippen molar-refractivity contribution in [3.63, 3.8) is 0 Å². The Labute approximate surface area is 212 Å². The summed E-state index contributed by atoms with van der Waals surface area (Å²) in [4.78, 5) is 27.6. The molecule has 3 aromatic rings. The number of halogens is 2. The first kappa shape index (κ1) is 24.7. The van der Waals surface area contributed by atoms with E-state index in [1.165, 1.54) is 30.3 Å². The third-order valence-corrected chi connectivity index (χ3v) is 6.29. The molecule has 1 heterocycles. The summed E-state index contributed by atoms with van der Waals surface area (Å²) in [5.41, 5.74) is 1.93. The smallest absolute Gasteiger partial charge is 0.323 e. The second-order valence-corrected chi connectivity index (χ2v) is 9.16. The molecule has 0 radical (unpaired) electrons. The number of urea groups is 1. The normalized spacial score (nSPS) is 17.6. The number of nitrogens with zero attached hydrogens (tertiary/aromatic N) is 1. The van der Waals surface area contributed by atoms with Crippen LogP contribution in [-0.2, 0) is 0 Å². The Morgan fingerprint density at radius 2 is 1.86 bits per heavy atom. The van der Waals surface area contributed by atoms with Crippen LogP contribution in [0.1, 0.15) is 41.7 Å². The quantitative estimate of drug-likeness (QED) is 0.185. The Hall–Kier alpha value is -3.45. The van der Waals surface area contributed by atoms with E-state index in [2.05, 4.69) is 28.2 Å². The van der Waals surface area contributed by atoms with Crippen LogP contribution in [0.15, 0.2) is 89.4 Å². The molecule has 4 rings (SSSR count). The molecule has 7 heteroatoms. The lowest BCUT2D eigenvalue weighted by molar-refractivity contribution is 0.104. The number of carbonyl (C=O) groups excluding carboxylic acids is 2. The molecule has 1 aliphatic heterocycles. The lowest BCUT2D eigenvalue weighted by Gasteiger charge is -2.27. The number of unbranched alkanes of at least 4 members (excludes halogenated alkanes) is 1. The van der Waals surface area contributed by atoms with Crippen LogP contribution in [0.25, 0.3) is 0 Å². The molecule has 35 heavy (non-hydrogen) atoms. The number of allylic oxidation sites excluding steroid dienone is 1. The summed E-state index contributed by atoms with van der Waals surface area (Å²) in [6.07, 6.45) is 5.02. The van der Waals surface area contributed by atoms with E-state index in [0.717, 1.165) is 28.6 Å². The van der Waals surface area contributed by atoms with Gasteiger partial charge >= 0.3 is 6.03 Å². The highest BCUT2D eigenvalue weighted by Gasteiger charge is 2.41. The molecule has 1 N–H and O–H groups in total. The number of nitrogens with one attached hydrogen (secondary N) is 1. The number of ether oxygens (including phenoxy) is 1. The third kappa shape index (κ3) is 5.80. The fourth-order valence-electron chi connectivity index (χ4n) is 4.04.